The van der Waals surface area contributed by atoms with E-state index in [1.165, 1.54) is 12.5 Å². The van der Waals surface area contributed by atoms with Crippen LogP contribution in [-0.4, -0.2) is 27.5 Å². The Morgan fingerprint density at radius 2 is 1.76 bits per heavy atom. The van der Waals surface area contributed by atoms with Crippen LogP contribution in [0.3, 0.4) is 0 Å². The summed E-state index contributed by atoms with van der Waals surface area (Å²) < 4.78 is 1.08. The Bertz CT molecular complexity index is 877. The lowest BCUT2D eigenvalue weighted by atomic mass is 9.86. The predicted molar refractivity (Wildman–Crippen MR) is 105 cm³/mol. The molecule has 4 nitrogen and oxygen atoms in total. The molecule has 0 saturated carbocycles. The summed E-state index contributed by atoms with van der Waals surface area (Å²) in [5.74, 6) is 0.574. The molecule has 0 radical (unpaired) electrons. The molecule has 5 heteroatoms. The van der Waals surface area contributed by atoms with Gasteiger partial charge < -0.3 is 15.5 Å². The summed E-state index contributed by atoms with van der Waals surface area (Å²) in [6.45, 7) is 7.75. The van der Waals surface area contributed by atoms with Crippen LogP contribution in [0.5, 0.6) is 0 Å². The molecule has 3 aromatic rings. The molecule has 2 heterocycles. The van der Waals surface area contributed by atoms with Gasteiger partial charge in [-0.15, -0.1) is 11.3 Å². The molecule has 3 N–H and O–H groups in total. The van der Waals surface area contributed by atoms with Gasteiger partial charge in [-0.1, -0.05) is 45.0 Å². The van der Waals surface area contributed by atoms with Crippen molar-refractivity contribution in [1.29, 1.82) is 0 Å². The Morgan fingerprint density at radius 3 is 2.36 bits per heavy atom. The molecule has 1 atom stereocenters. The van der Waals surface area contributed by atoms with Crippen molar-refractivity contribution >= 4 is 27.2 Å². The number of nitrogens with zero attached hydrogens (tertiary/aromatic N) is 1. The van der Waals surface area contributed by atoms with Gasteiger partial charge in [0.05, 0.1) is 6.61 Å². The van der Waals surface area contributed by atoms with Crippen LogP contribution >= 0.6 is 11.3 Å². The smallest absolute Gasteiger partial charge is 0.157 e. The van der Waals surface area contributed by atoms with Crippen molar-refractivity contribution in [1.82, 2.24) is 4.98 Å². The standard InChI is InChI=1S/C20H24N2O2S/c1-19(2,3)14-7-5-13(6-8-14)17-11-15-16(25-17)9-10-21-18(15)22-20(4,24)12-23/h5-11,23-24H,12H2,1-4H3,(H,21,22). The highest BCUT2D eigenvalue weighted by Gasteiger charge is 2.21. The fourth-order valence-corrected chi connectivity index (χ4v) is 3.70. The van der Waals surface area contributed by atoms with Crippen LogP contribution in [0, 0.1) is 0 Å². The molecule has 25 heavy (non-hydrogen) atoms. The third kappa shape index (κ3) is 3.84. The van der Waals surface area contributed by atoms with Crippen molar-refractivity contribution in [3.63, 3.8) is 0 Å². The van der Waals surface area contributed by atoms with Crippen LogP contribution in [0.25, 0.3) is 20.5 Å². The molecule has 0 aliphatic rings. The zero-order valence-electron chi connectivity index (χ0n) is 15.0. The van der Waals surface area contributed by atoms with Gasteiger partial charge in [0.2, 0.25) is 0 Å². The second kappa shape index (κ2) is 6.41. The van der Waals surface area contributed by atoms with Crippen molar-refractivity contribution in [2.45, 2.75) is 38.8 Å². The van der Waals surface area contributed by atoms with E-state index in [0.717, 1.165) is 20.5 Å². The number of hydrogen-bond donors (Lipinski definition) is 3. The first-order chi connectivity index (χ1) is 11.7. The van der Waals surface area contributed by atoms with Crippen LogP contribution in [-0.2, 0) is 5.41 Å². The van der Waals surface area contributed by atoms with Crippen LogP contribution in [0.15, 0.2) is 42.6 Å². The van der Waals surface area contributed by atoms with Crippen molar-refractivity contribution < 1.29 is 10.2 Å². The van der Waals surface area contributed by atoms with E-state index in [0.29, 0.717) is 5.82 Å². The lowest BCUT2D eigenvalue weighted by Gasteiger charge is -2.22. The first-order valence-electron chi connectivity index (χ1n) is 8.30. The first kappa shape index (κ1) is 17.9. The van der Waals surface area contributed by atoms with E-state index in [1.54, 1.807) is 17.5 Å². The molecule has 1 aromatic carbocycles. The molecule has 2 aromatic heterocycles. The molecule has 132 valence electrons. The van der Waals surface area contributed by atoms with E-state index in [9.17, 15) is 10.2 Å². The number of fused-ring (bicyclic) bond motifs is 1. The number of pyridine rings is 1. The topological polar surface area (TPSA) is 65.4 Å². The second-order valence-electron chi connectivity index (χ2n) is 7.57. The monoisotopic (exact) mass is 356 g/mol. The lowest BCUT2D eigenvalue weighted by Crippen LogP contribution is -2.38. The highest BCUT2D eigenvalue weighted by Crippen LogP contribution is 2.37. The Hall–Kier alpha value is -1.95. The van der Waals surface area contributed by atoms with Gasteiger partial charge >= 0.3 is 0 Å². The molecular weight excluding hydrogens is 332 g/mol. The first-order valence-corrected chi connectivity index (χ1v) is 9.12. The van der Waals surface area contributed by atoms with E-state index >= 15 is 0 Å². The summed E-state index contributed by atoms with van der Waals surface area (Å²) in [7, 11) is 0. The van der Waals surface area contributed by atoms with Gasteiger partial charge in [-0.2, -0.15) is 0 Å². The van der Waals surface area contributed by atoms with Crippen molar-refractivity contribution in [2.75, 3.05) is 11.9 Å². The molecule has 0 saturated heterocycles. The molecular formula is C20H24N2O2S. The van der Waals surface area contributed by atoms with Gasteiger partial charge in [0.1, 0.15) is 5.82 Å². The van der Waals surface area contributed by atoms with E-state index in [4.69, 9.17) is 0 Å². The number of aromatic nitrogens is 1. The molecule has 0 aliphatic heterocycles. The zero-order chi connectivity index (χ0) is 18.2. The zero-order valence-corrected chi connectivity index (χ0v) is 15.8. The van der Waals surface area contributed by atoms with Crippen molar-refractivity contribution in [3.8, 4) is 10.4 Å². The number of aliphatic hydroxyl groups excluding tert-OH is 1. The molecule has 0 spiro atoms. The average Bonchev–Trinajstić information content (AvgIpc) is 2.99. The minimum absolute atomic E-state index is 0.135. The van der Waals surface area contributed by atoms with E-state index < -0.39 is 12.3 Å². The molecule has 0 amide bonds. The van der Waals surface area contributed by atoms with Crippen LogP contribution in [0.1, 0.15) is 33.3 Å². The largest absolute Gasteiger partial charge is 0.391 e. The molecule has 0 aliphatic carbocycles. The van der Waals surface area contributed by atoms with Gasteiger partial charge in [0.15, 0.2) is 5.72 Å². The lowest BCUT2D eigenvalue weighted by molar-refractivity contribution is 0.0262. The SMILES string of the molecule is CC(O)(CO)Nc1nccc2sc(-c3ccc(C(C)(C)C)cc3)cc12. The number of benzene rings is 1. The molecule has 0 bridgehead atoms. The maximum Gasteiger partial charge on any atom is 0.157 e. The van der Waals surface area contributed by atoms with Crippen LogP contribution in [0.4, 0.5) is 5.82 Å². The number of anilines is 1. The van der Waals surface area contributed by atoms with Gasteiger partial charge in [0, 0.05) is 21.2 Å². The quantitative estimate of drug-likeness (QED) is 0.607. The van der Waals surface area contributed by atoms with Gasteiger partial charge in [-0.05, 0) is 35.6 Å². The fourth-order valence-electron chi connectivity index (χ4n) is 2.63. The summed E-state index contributed by atoms with van der Waals surface area (Å²) in [5, 5.41) is 23.2. The van der Waals surface area contributed by atoms with E-state index in [-0.39, 0.29) is 5.41 Å². The van der Waals surface area contributed by atoms with Gasteiger partial charge in [-0.25, -0.2) is 4.98 Å². The summed E-state index contributed by atoms with van der Waals surface area (Å²) >= 11 is 1.69. The summed E-state index contributed by atoms with van der Waals surface area (Å²) in [6, 6.07) is 12.7. The van der Waals surface area contributed by atoms with Crippen LogP contribution < -0.4 is 5.32 Å². The molecule has 0 fully saturated rings. The molecule has 1 unspecified atom stereocenters. The Kier molecular flexibility index (Phi) is 4.58. The van der Waals surface area contributed by atoms with Crippen molar-refractivity contribution in [3.05, 3.63) is 48.2 Å². The van der Waals surface area contributed by atoms with Gasteiger partial charge in [-0.3, -0.25) is 0 Å². The Morgan fingerprint density at radius 1 is 1.08 bits per heavy atom. The predicted octanol–water partition coefficient (Wildman–Crippen LogP) is 4.37. The maximum atomic E-state index is 10.1. The summed E-state index contributed by atoms with van der Waals surface area (Å²) in [4.78, 5) is 5.47. The van der Waals surface area contributed by atoms with Gasteiger partial charge in [0.25, 0.3) is 0 Å². The average molecular weight is 356 g/mol. The number of rotatable bonds is 4. The highest BCUT2D eigenvalue weighted by atomic mass is 32.1. The minimum atomic E-state index is -1.41. The van der Waals surface area contributed by atoms with E-state index in [1.807, 2.05) is 6.07 Å². The number of aliphatic hydroxyl groups is 2. The Balaban J connectivity index is 1.99. The third-order valence-electron chi connectivity index (χ3n) is 4.18. The molecule has 3 rings (SSSR count). The number of hydrogen-bond acceptors (Lipinski definition) is 5. The maximum absolute atomic E-state index is 10.1. The number of nitrogens with one attached hydrogen (secondary N) is 1. The second-order valence-corrected chi connectivity index (χ2v) is 8.65. The van der Waals surface area contributed by atoms with Crippen LogP contribution in [0.2, 0.25) is 0 Å². The Labute approximate surface area is 152 Å². The van der Waals surface area contributed by atoms with E-state index in [2.05, 4.69) is 61.4 Å². The summed E-state index contributed by atoms with van der Waals surface area (Å²) in [6.07, 6.45) is 1.71. The summed E-state index contributed by atoms with van der Waals surface area (Å²) in [5.41, 5.74) is 1.20. The number of thiophene rings is 1. The van der Waals surface area contributed by atoms with Crippen molar-refractivity contribution in [2.24, 2.45) is 0 Å². The normalized spacial score (nSPS) is 14.5. The minimum Gasteiger partial charge on any atom is -0.391 e. The highest BCUT2D eigenvalue weighted by molar-refractivity contribution is 7.22. The fraction of sp³-hybridized carbons (Fsp3) is 0.350. The third-order valence-corrected chi connectivity index (χ3v) is 5.33.